The van der Waals surface area contributed by atoms with Crippen LogP contribution in [0.2, 0.25) is 5.02 Å². The van der Waals surface area contributed by atoms with Crippen molar-refractivity contribution in [3.8, 4) is 0 Å². The molecule has 0 radical (unpaired) electrons. The average Bonchev–Trinajstić information content (AvgIpc) is 2.99. The summed E-state index contributed by atoms with van der Waals surface area (Å²) in [6.07, 6.45) is 2.64. The lowest BCUT2D eigenvalue weighted by molar-refractivity contribution is -0.163. The first-order chi connectivity index (χ1) is 14.5. The summed E-state index contributed by atoms with van der Waals surface area (Å²) in [5, 5.41) is 4.23. The molecule has 1 aromatic heterocycles. The topological polar surface area (TPSA) is 110 Å². The van der Waals surface area contributed by atoms with E-state index < -0.39 is 26.9 Å². The highest BCUT2D eigenvalue weighted by molar-refractivity contribution is 7.90. The Hall–Kier alpha value is -2.39. The van der Waals surface area contributed by atoms with E-state index in [1.54, 1.807) is 19.1 Å². The van der Waals surface area contributed by atoms with Crippen LogP contribution in [0.1, 0.15) is 49.6 Å². The molecule has 31 heavy (non-hydrogen) atoms. The first-order valence-electron chi connectivity index (χ1n) is 10.1. The van der Waals surface area contributed by atoms with Gasteiger partial charge in [0.25, 0.3) is 15.9 Å². The van der Waals surface area contributed by atoms with Gasteiger partial charge in [0.15, 0.2) is 10.7 Å². The van der Waals surface area contributed by atoms with Gasteiger partial charge in [-0.15, -0.1) is 0 Å². The maximum absolute atomic E-state index is 13.6. The fourth-order valence-corrected chi connectivity index (χ4v) is 5.98. The molecule has 1 saturated heterocycles. The number of benzene rings is 1. The smallest absolute Gasteiger partial charge is 0.269 e. The molecule has 1 N–H and O–H groups in total. The second-order valence-corrected chi connectivity index (χ2v) is 10.6. The van der Waals surface area contributed by atoms with Gasteiger partial charge in [-0.05, 0) is 57.7 Å². The Kier molecular flexibility index (Phi) is 5.17. The number of amides is 2. The molecule has 1 atom stereocenters. The highest BCUT2D eigenvalue weighted by Gasteiger charge is 2.57. The minimum Gasteiger partial charge on any atom is -0.360 e. The van der Waals surface area contributed by atoms with Gasteiger partial charge in [0, 0.05) is 11.6 Å². The molecule has 1 aromatic carbocycles. The summed E-state index contributed by atoms with van der Waals surface area (Å²) in [7, 11) is -4.18. The zero-order valence-corrected chi connectivity index (χ0v) is 19.1. The highest BCUT2D eigenvalue weighted by Crippen LogP contribution is 2.48. The lowest BCUT2D eigenvalue weighted by Crippen LogP contribution is -2.71. The number of rotatable bonds is 5. The van der Waals surface area contributed by atoms with Crippen molar-refractivity contribution < 1.29 is 22.5 Å². The quantitative estimate of drug-likeness (QED) is 0.727. The summed E-state index contributed by atoms with van der Waals surface area (Å²) in [5.74, 6) is -0.793. The van der Waals surface area contributed by atoms with Crippen molar-refractivity contribution in [3.63, 3.8) is 0 Å². The zero-order chi connectivity index (χ0) is 22.6. The third kappa shape index (κ3) is 3.34. The van der Waals surface area contributed by atoms with E-state index in [0.29, 0.717) is 30.8 Å². The molecule has 166 valence electrons. The Bertz CT molecular complexity index is 1130. The van der Waals surface area contributed by atoms with Crippen molar-refractivity contribution in [2.75, 3.05) is 6.54 Å². The first kappa shape index (κ1) is 21.8. The number of aryl methyl sites for hydroxylation is 2. The number of nitrogens with zero attached hydrogens (tertiary/aromatic N) is 2. The van der Waals surface area contributed by atoms with Gasteiger partial charge < -0.3 is 9.42 Å². The van der Waals surface area contributed by atoms with Gasteiger partial charge in [0.1, 0.15) is 11.2 Å². The van der Waals surface area contributed by atoms with Crippen LogP contribution < -0.4 is 4.72 Å². The summed E-state index contributed by atoms with van der Waals surface area (Å²) in [5.41, 5.74) is -0.919. The summed E-state index contributed by atoms with van der Waals surface area (Å²) < 4.78 is 32.6. The number of hydrogen-bond donors (Lipinski definition) is 1. The molecule has 1 unspecified atom stereocenters. The minimum atomic E-state index is -4.18. The Balaban J connectivity index is 1.58. The van der Waals surface area contributed by atoms with E-state index in [2.05, 4.69) is 9.88 Å². The van der Waals surface area contributed by atoms with Gasteiger partial charge in [0.05, 0.1) is 5.41 Å². The average molecular weight is 466 g/mol. The number of likely N-dealkylation sites (tertiary alicyclic amines) is 1. The maximum Gasteiger partial charge on any atom is 0.269 e. The van der Waals surface area contributed by atoms with Crippen molar-refractivity contribution in [3.05, 3.63) is 46.3 Å². The largest absolute Gasteiger partial charge is 0.360 e. The van der Waals surface area contributed by atoms with E-state index in [-0.39, 0.29) is 22.3 Å². The first-order valence-corrected chi connectivity index (χ1v) is 12.0. The van der Waals surface area contributed by atoms with Crippen molar-refractivity contribution >= 4 is 33.4 Å². The summed E-state index contributed by atoms with van der Waals surface area (Å²) in [6, 6.07) is 7.20. The Morgan fingerprint density at radius 1 is 1.16 bits per heavy atom. The van der Waals surface area contributed by atoms with Crippen LogP contribution in [0, 0.1) is 13.8 Å². The van der Waals surface area contributed by atoms with Gasteiger partial charge in [-0.1, -0.05) is 35.3 Å². The Morgan fingerprint density at radius 2 is 1.81 bits per heavy atom. The second-order valence-electron chi connectivity index (χ2n) is 8.51. The van der Waals surface area contributed by atoms with Crippen molar-refractivity contribution in [1.82, 2.24) is 14.8 Å². The predicted octanol–water partition coefficient (Wildman–Crippen LogP) is 2.86. The van der Waals surface area contributed by atoms with Gasteiger partial charge >= 0.3 is 0 Å². The van der Waals surface area contributed by atoms with Gasteiger partial charge in [-0.2, -0.15) is 0 Å². The van der Waals surface area contributed by atoms with E-state index in [4.69, 9.17) is 16.1 Å². The molecule has 1 aliphatic carbocycles. The summed E-state index contributed by atoms with van der Waals surface area (Å²) >= 11 is 6.00. The van der Waals surface area contributed by atoms with Gasteiger partial charge in [-0.25, -0.2) is 13.1 Å². The fourth-order valence-electron chi connectivity index (χ4n) is 4.45. The SMILES string of the molecule is Cc1noc(C)c1S(=O)(=O)NC(=O)C1(C)CCN1C(=O)C1(c2ccc(Cl)cc2)CCC1. The molecule has 4 rings (SSSR count). The summed E-state index contributed by atoms with van der Waals surface area (Å²) in [4.78, 5) is 28.0. The van der Waals surface area contributed by atoms with Crippen LogP contribution in [0.3, 0.4) is 0 Å². The normalized spacial score (nSPS) is 22.4. The number of nitrogens with one attached hydrogen (secondary N) is 1. The van der Waals surface area contributed by atoms with Crippen LogP contribution in [0.25, 0.3) is 0 Å². The van der Waals surface area contributed by atoms with Crippen LogP contribution in [0.4, 0.5) is 0 Å². The Labute approximate surface area is 186 Å². The molecule has 1 saturated carbocycles. The number of carbonyl (C=O) groups is 2. The molecule has 2 aromatic rings. The monoisotopic (exact) mass is 465 g/mol. The predicted molar refractivity (Wildman–Crippen MR) is 113 cm³/mol. The molecule has 2 aliphatic rings. The van der Waals surface area contributed by atoms with E-state index in [0.717, 1.165) is 12.0 Å². The standard InChI is InChI=1S/C21H24ClN3O5S/c1-13-17(14(2)30-23-13)31(28,29)24-18(26)20(3)11-12-25(20)19(27)21(9-4-10-21)15-5-7-16(22)8-6-15/h5-8H,4,9-12H2,1-3H3,(H,24,26). The lowest BCUT2D eigenvalue weighted by Gasteiger charge is -2.54. The molecule has 0 bridgehead atoms. The number of halogens is 1. The van der Waals surface area contributed by atoms with Crippen LogP contribution in [-0.4, -0.2) is 42.4 Å². The van der Waals surface area contributed by atoms with E-state index in [9.17, 15) is 18.0 Å². The lowest BCUT2D eigenvalue weighted by atomic mass is 9.62. The number of hydrogen-bond acceptors (Lipinski definition) is 6. The third-order valence-corrected chi connectivity index (χ3v) is 8.46. The molecule has 8 nitrogen and oxygen atoms in total. The van der Waals surface area contributed by atoms with E-state index in [1.165, 1.54) is 18.7 Å². The molecule has 0 spiro atoms. The molecule has 10 heteroatoms. The third-order valence-electron chi connectivity index (χ3n) is 6.63. The van der Waals surface area contributed by atoms with Gasteiger partial charge in [0.2, 0.25) is 5.91 Å². The number of carbonyl (C=O) groups excluding carboxylic acids is 2. The van der Waals surface area contributed by atoms with Crippen LogP contribution >= 0.6 is 11.6 Å². The number of sulfonamides is 1. The summed E-state index contributed by atoms with van der Waals surface area (Å²) in [6.45, 7) is 4.94. The molecule has 2 amide bonds. The Morgan fingerprint density at radius 3 is 2.26 bits per heavy atom. The minimum absolute atomic E-state index is 0.0978. The van der Waals surface area contributed by atoms with Gasteiger partial charge in [-0.3, -0.25) is 9.59 Å². The molecule has 2 fully saturated rings. The highest BCUT2D eigenvalue weighted by atomic mass is 35.5. The zero-order valence-electron chi connectivity index (χ0n) is 17.6. The second kappa shape index (κ2) is 7.34. The van der Waals surface area contributed by atoms with Crippen molar-refractivity contribution in [1.29, 1.82) is 0 Å². The molecule has 1 aliphatic heterocycles. The van der Waals surface area contributed by atoms with Crippen molar-refractivity contribution in [2.24, 2.45) is 0 Å². The van der Waals surface area contributed by atoms with E-state index >= 15 is 0 Å². The molecular formula is C21H24ClN3O5S. The van der Waals surface area contributed by atoms with Crippen LogP contribution in [0.5, 0.6) is 0 Å². The number of aromatic nitrogens is 1. The molecular weight excluding hydrogens is 442 g/mol. The van der Waals surface area contributed by atoms with E-state index in [1.807, 2.05) is 12.1 Å². The van der Waals surface area contributed by atoms with Crippen LogP contribution in [-0.2, 0) is 25.0 Å². The van der Waals surface area contributed by atoms with Crippen molar-refractivity contribution in [2.45, 2.75) is 62.3 Å². The fraction of sp³-hybridized carbons (Fsp3) is 0.476. The van der Waals surface area contributed by atoms with Crippen LogP contribution in [0.15, 0.2) is 33.7 Å². The molecule has 2 heterocycles. The maximum atomic E-state index is 13.6.